The minimum Gasteiger partial charge on any atom is -0.349 e. The van der Waals surface area contributed by atoms with Gasteiger partial charge in [0.2, 0.25) is 0 Å². The predicted octanol–water partition coefficient (Wildman–Crippen LogP) is 2.17. The average Bonchev–Trinajstić information content (AvgIpc) is 2.91. The lowest BCUT2D eigenvalue weighted by molar-refractivity contribution is 0.0936. The Morgan fingerprint density at radius 1 is 1.30 bits per heavy atom. The lowest BCUT2D eigenvalue weighted by atomic mass is 9.87. The van der Waals surface area contributed by atoms with Gasteiger partial charge >= 0.3 is 0 Å². The highest BCUT2D eigenvalue weighted by atomic mass is 16.2. The van der Waals surface area contributed by atoms with E-state index in [0.29, 0.717) is 5.92 Å². The first kappa shape index (κ1) is 13.4. The Bertz CT molecular complexity index is 570. The number of fused-ring (bicyclic) bond motifs is 1. The Labute approximate surface area is 119 Å². The number of aromatic amines is 1. The Morgan fingerprint density at radius 3 is 2.80 bits per heavy atom. The van der Waals surface area contributed by atoms with E-state index >= 15 is 0 Å². The van der Waals surface area contributed by atoms with Crippen LogP contribution in [-0.4, -0.2) is 16.9 Å². The zero-order chi connectivity index (χ0) is 14.1. The van der Waals surface area contributed by atoms with E-state index in [9.17, 15) is 9.59 Å². The van der Waals surface area contributed by atoms with Crippen molar-refractivity contribution in [1.29, 1.82) is 0 Å². The van der Waals surface area contributed by atoms with E-state index in [-0.39, 0.29) is 23.1 Å². The van der Waals surface area contributed by atoms with Crippen molar-refractivity contribution in [3.63, 3.8) is 0 Å². The summed E-state index contributed by atoms with van der Waals surface area (Å²) in [6.45, 7) is 2.21. The third-order valence-electron chi connectivity index (χ3n) is 4.61. The monoisotopic (exact) mass is 274 g/mol. The van der Waals surface area contributed by atoms with Crippen LogP contribution in [0.2, 0.25) is 0 Å². The number of amides is 1. The van der Waals surface area contributed by atoms with Gasteiger partial charge in [0, 0.05) is 11.7 Å². The van der Waals surface area contributed by atoms with Crippen LogP contribution in [0.5, 0.6) is 0 Å². The Hall–Kier alpha value is -1.58. The van der Waals surface area contributed by atoms with Crippen molar-refractivity contribution in [1.82, 2.24) is 10.3 Å². The summed E-state index contributed by atoms with van der Waals surface area (Å²) in [6, 6.07) is 2.06. The minimum atomic E-state index is -0.242. The smallest absolute Gasteiger partial charge is 0.261 e. The fraction of sp³-hybridized carbons (Fsp3) is 0.625. The molecule has 2 aliphatic carbocycles. The van der Waals surface area contributed by atoms with E-state index in [1.165, 1.54) is 12.8 Å². The van der Waals surface area contributed by atoms with Gasteiger partial charge in [0.15, 0.2) is 0 Å². The maximum atomic E-state index is 12.3. The molecule has 3 rings (SSSR count). The van der Waals surface area contributed by atoms with Crippen LogP contribution in [0.3, 0.4) is 0 Å². The molecule has 1 saturated carbocycles. The summed E-state index contributed by atoms with van der Waals surface area (Å²) in [7, 11) is 0. The Kier molecular flexibility index (Phi) is 3.64. The average molecular weight is 274 g/mol. The van der Waals surface area contributed by atoms with Crippen molar-refractivity contribution in [3.8, 4) is 0 Å². The zero-order valence-electron chi connectivity index (χ0n) is 12.0. The summed E-state index contributed by atoms with van der Waals surface area (Å²) in [4.78, 5) is 27.2. The molecule has 1 fully saturated rings. The molecular weight excluding hydrogens is 252 g/mol. The summed E-state index contributed by atoms with van der Waals surface area (Å²) >= 11 is 0. The van der Waals surface area contributed by atoms with Gasteiger partial charge in [-0.3, -0.25) is 9.59 Å². The van der Waals surface area contributed by atoms with E-state index in [0.717, 1.165) is 43.4 Å². The molecule has 0 radical (unpaired) electrons. The molecule has 1 amide bonds. The first-order chi connectivity index (χ1) is 9.63. The third-order valence-corrected chi connectivity index (χ3v) is 4.61. The van der Waals surface area contributed by atoms with E-state index in [2.05, 4.69) is 17.2 Å². The molecule has 0 saturated heterocycles. The number of rotatable bonds is 2. The number of H-pyrrole nitrogens is 1. The first-order valence-electron chi connectivity index (χ1n) is 7.69. The van der Waals surface area contributed by atoms with Crippen LogP contribution in [0.1, 0.15) is 60.6 Å². The molecule has 1 heterocycles. The highest BCUT2D eigenvalue weighted by Gasteiger charge is 2.22. The fourth-order valence-corrected chi connectivity index (χ4v) is 3.39. The Balaban J connectivity index is 1.83. The molecule has 20 heavy (non-hydrogen) atoms. The van der Waals surface area contributed by atoms with Crippen LogP contribution in [0.4, 0.5) is 0 Å². The molecule has 0 bridgehead atoms. The highest BCUT2D eigenvalue weighted by molar-refractivity contribution is 5.94. The SMILES string of the molecule is C[C@H]1CCc2[nH]c(=O)c(C(=O)NC3CCCC3)cc2C1. The summed E-state index contributed by atoms with van der Waals surface area (Å²) in [6.07, 6.45) is 7.38. The molecular formula is C16H22N2O2. The quantitative estimate of drug-likeness (QED) is 0.868. The van der Waals surface area contributed by atoms with Crippen LogP contribution in [0.25, 0.3) is 0 Å². The molecule has 1 aromatic heterocycles. The van der Waals surface area contributed by atoms with Gasteiger partial charge < -0.3 is 10.3 Å². The van der Waals surface area contributed by atoms with Crippen molar-refractivity contribution in [2.24, 2.45) is 5.92 Å². The van der Waals surface area contributed by atoms with Crippen LogP contribution < -0.4 is 10.9 Å². The zero-order valence-corrected chi connectivity index (χ0v) is 12.0. The predicted molar refractivity (Wildman–Crippen MR) is 78.0 cm³/mol. The second-order valence-electron chi connectivity index (χ2n) is 6.32. The van der Waals surface area contributed by atoms with Crippen LogP contribution in [0, 0.1) is 5.92 Å². The fourth-order valence-electron chi connectivity index (χ4n) is 3.39. The number of hydrogen-bond acceptors (Lipinski definition) is 2. The molecule has 108 valence electrons. The van der Waals surface area contributed by atoms with Crippen molar-refractivity contribution in [2.45, 2.75) is 57.9 Å². The van der Waals surface area contributed by atoms with Gasteiger partial charge in [-0.15, -0.1) is 0 Å². The third kappa shape index (κ3) is 2.65. The molecule has 4 nitrogen and oxygen atoms in total. The van der Waals surface area contributed by atoms with Gasteiger partial charge in [0.05, 0.1) is 0 Å². The normalized spacial score (nSPS) is 22.6. The van der Waals surface area contributed by atoms with Crippen molar-refractivity contribution >= 4 is 5.91 Å². The molecule has 2 aliphatic rings. The van der Waals surface area contributed by atoms with E-state index < -0.39 is 0 Å². The topological polar surface area (TPSA) is 62.0 Å². The molecule has 2 N–H and O–H groups in total. The first-order valence-corrected chi connectivity index (χ1v) is 7.69. The van der Waals surface area contributed by atoms with Crippen molar-refractivity contribution < 1.29 is 4.79 Å². The minimum absolute atomic E-state index is 0.209. The van der Waals surface area contributed by atoms with Gasteiger partial charge in [0.1, 0.15) is 5.56 Å². The van der Waals surface area contributed by atoms with E-state index in [4.69, 9.17) is 0 Å². The maximum absolute atomic E-state index is 12.3. The second kappa shape index (κ2) is 5.43. The van der Waals surface area contributed by atoms with Gasteiger partial charge in [-0.2, -0.15) is 0 Å². The molecule has 4 heteroatoms. The van der Waals surface area contributed by atoms with Gasteiger partial charge in [-0.05, 0) is 49.7 Å². The number of carbonyl (C=O) groups excluding carboxylic acids is 1. The van der Waals surface area contributed by atoms with Crippen LogP contribution in [0.15, 0.2) is 10.9 Å². The largest absolute Gasteiger partial charge is 0.349 e. The van der Waals surface area contributed by atoms with Gasteiger partial charge in [-0.25, -0.2) is 0 Å². The molecule has 0 unspecified atom stereocenters. The lowest BCUT2D eigenvalue weighted by Crippen LogP contribution is -2.36. The van der Waals surface area contributed by atoms with Crippen LogP contribution in [-0.2, 0) is 12.8 Å². The molecule has 1 atom stereocenters. The van der Waals surface area contributed by atoms with Crippen LogP contribution >= 0.6 is 0 Å². The Morgan fingerprint density at radius 2 is 2.05 bits per heavy atom. The summed E-state index contributed by atoms with van der Waals surface area (Å²) in [5, 5.41) is 3.00. The van der Waals surface area contributed by atoms with Gasteiger partial charge in [0.25, 0.3) is 11.5 Å². The molecule has 0 aliphatic heterocycles. The summed E-state index contributed by atoms with van der Waals surface area (Å²) < 4.78 is 0. The lowest BCUT2D eigenvalue weighted by Gasteiger charge is -2.21. The van der Waals surface area contributed by atoms with E-state index in [1.807, 2.05) is 6.07 Å². The summed E-state index contributed by atoms with van der Waals surface area (Å²) in [5.41, 5.74) is 2.20. The number of hydrogen-bond donors (Lipinski definition) is 2. The van der Waals surface area contributed by atoms with Gasteiger partial charge in [-0.1, -0.05) is 19.8 Å². The second-order valence-corrected chi connectivity index (χ2v) is 6.32. The summed E-state index contributed by atoms with van der Waals surface area (Å²) in [5.74, 6) is 0.415. The van der Waals surface area contributed by atoms with Crippen molar-refractivity contribution in [3.05, 3.63) is 33.2 Å². The number of pyridine rings is 1. The standard InChI is InChI=1S/C16H22N2O2/c1-10-6-7-14-11(8-10)9-13(16(20)18-14)15(19)17-12-4-2-3-5-12/h9-10,12H,2-8H2,1H3,(H,17,19)(H,18,20)/t10-/m0/s1. The number of nitrogens with one attached hydrogen (secondary N) is 2. The highest BCUT2D eigenvalue weighted by Crippen LogP contribution is 2.23. The molecule has 0 aromatic carbocycles. The molecule has 0 spiro atoms. The maximum Gasteiger partial charge on any atom is 0.261 e. The van der Waals surface area contributed by atoms with E-state index in [1.54, 1.807) is 0 Å². The number of carbonyl (C=O) groups is 1. The molecule has 1 aromatic rings. The number of aryl methyl sites for hydroxylation is 1. The van der Waals surface area contributed by atoms with Crippen molar-refractivity contribution in [2.75, 3.05) is 0 Å². The number of aromatic nitrogens is 1.